The third-order valence-electron chi connectivity index (χ3n) is 5.52. The molecule has 30 heavy (non-hydrogen) atoms. The molecule has 0 aliphatic carbocycles. The molecule has 0 amide bonds. The van der Waals surface area contributed by atoms with E-state index in [1.165, 1.54) is 22.3 Å². The minimum Gasteiger partial charge on any atom is -0.322 e. The molecule has 2 aliphatic heterocycles. The van der Waals surface area contributed by atoms with Crippen LogP contribution in [0.5, 0.6) is 0 Å². The molecular formula is C24H26N4O2. The second-order valence-corrected chi connectivity index (χ2v) is 7.92. The molecule has 0 bridgehead atoms. The second-order valence-electron chi connectivity index (χ2n) is 7.92. The number of H-pyrrole nitrogens is 1. The number of nitrogens with zero attached hydrogens (tertiary/aromatic N) is 3. The monoisotopic (exact) mass is 402 g/mol. The Kier molecular flexibility index (Phi) is 5.48. The van der Waals surface area contributed by atoms with E-state index in [1.807, 2.05) is 4.57 Å². The van der Waals surface area contributed by atoms with Crippen molar-refractivity contribution >= 4 is 11.0 Å². The van der Waals surface area contributed by atoms with E-state index >= 15 is 0 Å². The fourth-order valence-corrected chi connectivity index (χ4v) is 4.06. The maximum atomic E-state index is 12.4. The summed E-state index contributed by atoms with van der Waals surface area (Å²) in [6.45, 7) is 6.97. The van der Waals surface area contributed by atoms with Gasteiger partial charge in [-0.1, -0.05) is 43.2 Å². The van der Waals surface area contributed by atoms with Crippen molar-refractivity contribution in [3.8, 4) is 11.5 Å². The van der Waals surface area contributed by atoms with E-state index in [0.717, 1.165) is 36.7 Å². The Morgan fingerprint density at radius 3 is 2.63 bits per heavy atom. The molecule has 0 unspecified atom stereocenters. The van der Waals surface area contributed by atoms with Gasteiger partial charge in [0.15, 0.2) is 11.5 Å². The number of aromatic nitrogens is 4. The summed E-state index contributed by atoms with van der Waals surface area (Å²) in [7, 11) is 0. The number of nitrogens with one attached hydrogen (secondary N) is 1. The lowest BCUT2D eigenvalue weighted by Crippen LogP contribution is -2.29. The lowest BCUT2D eigenvalue weighted by atomic mass is 10.0. The van der Waals surface area contributed by atoms with Crippen molar-refractivity contribution in [1.29, 1.82) is 0 Å². The molecule has 0 atom stereocenters. The Morgan fingerprint density at radius 2 is 1.87 bits per heavy atom. The van der Waals surface area contributed by atoms with Gasteiger partial charge in [0.25, 0.3) is 5.56 Å². The van der Waals surface area contributed by atoms with E-state index in [0.29, 0.717) is 12.4 Å². The number of rotatable bonds is 6. The topological polar surface area (TPSA) is 80.6 Å². The normalized spacial score (nSPS) is 11.4. The zero-order valence-electron chi connectivity index (χ0n) is 17.7. The third-order valence-corrected chi connectivity index (χ3v) is 5.52. The fraction of sp³-hybridized carbons (Fsp3) is 0.333. The smallest absolute Gasteiger partial charge is 0.322 e. The predicted octanol–water partition coefficient (Wildman–Crippen LogP) is 3.79. The van der Waals surface area contributed by atoms with Crippen LogP contribution in [0.1, 0.15) is 42.0 Å². The quantitative estimate of drug-likeness (QED) is 0.498. The predicted molar refractivity (Wildman–Crippen MR) is 119 cm³/mol. The summed E-state index contributed by atoms with van der Waals surface area (Å²) in [5.74, 6) is 0.350. The number of hydrogen-bond donors (Lipinski definition) is 1. The highest BCUT2D eigenvalue weighted by Gasteiger charge is 2.19. The van der Waals surface area contributed by atoms with Crippen LogP contribution in [-0.2, 0) is 19.4 Å². The van der Waals surface area contributed by atoms with Crippen LogP contribution >= 0.6 is 0 Å². The first kappa shape index (κ1) is 20.0. The Hall–Kier alpha value is -3.28. The van der Waals surface area contributed by atoms with Gasteiger partial charge in [0.1, 0.15) is 0 Å². The van der Waals surface area contributed by atoms with Crippen LogP contribution in [-0.4, -0.2) is 19.5 Å². The Labute approximate surface area is 175 Å². The Bertz CT molecular complexity index is 1300. The highest BCUT2D eigenvalue weighted by Crippen LogP contribution is 2.25. The highest BCUT2D eigenvalue weighted by atomic mass is 16.2. The third kappa shape index (κ3) is 3.90. The van der Waals surface area contributed by atoms with Crippen LogP contribution in [0.25, 0.3) is 22.6 Å². The summed E-state index contributed by atoms with van der Waals surface area (Å²) < 4.78 is 1.98. The van der Waals surface area contributed by atoms with E-state index in [9.17, 15) is 9.59 Å². The minimum atomic E-state index is -0.639. The fourth-order valence-electron chi connectivity index (χ4n) is 4.06. The number of aryl methyl sites for hydroxylation is 5. The highest BCUT2D eigenvalue weighted by molar-refractivity contribution is 5.81. The minimum absolute atomic E-state index is 0.212. The van der Waals surface area contributed by atoms with Crippen LogP contribution < -0.4 is 11.2 Å². The first-order valence-electron chi connectivity index (χ1n) is 10.5. The van der Waals surface area contributed by atoms with Crippen LogP contribution in [0, 0.1) is 13.8 Å². The molecule has 2 aliphatic rings. The molecule has 2 heterocycles. The Balaban J connectivity index is 1.82. The van der Waals surface area contributed by atoms with Crippen LogP contribution in [0.3, 0.4) is 0 Å². The van der Waals surface area contributed by atoms with Crippen LogP contribution in [0.2, 0.25) is 0 Å². The van der Waals surface area contributed by atoms with Gasteiger partial charge in [0.2, 0.25) is 0 Å². The molecule has 2 aromatic rings. The van der Waals surface area contributed by atoms with Crippen molar-refractivity contribution in [3.05, 3.63) is 79.5 Å². The van der Waals surface area contributed by atoms with Gasteiger partial charge in [-0.05, 0) is 61.9 Å². The average molecular weight is 402 g/mol. The zero-order valence-corrected chi connectivity index (χ0v) is 17.7. The van der Waals surface area contributed by atoms with Crippen LogP contribution in [0.4, 0.5) is 0 Å². The molecule has 1 N–H and O–H groups in total. The van der Waals surface area contributed by atoms with E-state index in [-0.39, 0.29) is 5.69 Å². The zero-order chi connectivity index (χ0) is 21.3. The van der Waals surface area contributed by atoms with Crippen molar-refractivity contribution < 1.29 is 0 Å². The molecular weight excluding hydrogens is 376 g/mol. The molecule has 0 saturated heterocycles. The van der Waals surface area contributed by atoms with E-state index in [2.05, 4.69) is 72.1 Å². The van der Waals surface area contributed by atoms with Crippen molar-refractivity contribution in [2.75, 3.05) is 0 Å². The standard InChI is InChI=1S/C24H26N4O2/c1-4-7-18-14-19-20(13-16(18)3)28(11-6-10-17-9-5-8-15(2)12-17)22-21(25-19)23(29)27-24(30)26-22/h5,8-9,12-14H,4,6-7,10-11H2,1-3H3,(H,27,29,30). The van der Waals surface area contributed by atoms with Gasteiger partial charge < -0.3 is 4.57 Å². The molecule has 6 heteroatoms. The molecule has 0 spiro atoms. The lowest BCUT2D eigenvalue weighted by molar-refractivity contribution is 0.648. The summed E-state index contributed by atoms with van der Waals surface area (Å²) in [5, 5.41) is 0. The summed E-state index contributed by atoms with van der Waals surface area (Å²) in [5.41, 5.74) is 5.68. The summed E-state index contributed by atoms with van der Waals surface area (Å²) in [6.07, 6.45) is 3.77. The largest absolute Gasteiger partial charge is 0.349 e. The molecule has 4 rings (SSSR count). The lowest BCUT2D eigenvalue weighted by Gasteiger charge is -2.18. The average Bonchev–Trinajstić information content (AvgIpc) is 2.69. The van der Waals surface area contributed by atoms with Gasteiger partial charge in [-0.15, -0.1) is 0 Å². The SMILES string of the molecule is CCCc1cc2nc3c(=O)[nH]c(=O)nc-3n(CCCc3cccc(C)c3)c2cc1C. The Morgan fingerprint density at radius 1 is 1.03 bits per heavy atom. The molecule has 2 aromatic carbocycles. The maximum absolute atomic E-state index is 12.4. The maximum Gasteiger partial charge on any atom is 0.349 e. The van der Waals surface area contributed by atoms with E-state index in [1.54, 1.807) is 0 Å². The number of benzene rings is 2. The molecule has 0 radical (unpaired) electrons. The summed E-state index contributed by atoms with van der Waals surface area (Å²) in [4.78, 5) is 35.3. The number of hydrogen-bond acceptors (Lipinski definition) is 4. The summed E-state index contributed by atoms with van der Waals surface area (Å²) >= 11 is 0. The molecule has 0 aromatic heterocycles. The van der Waals surface area contributed by atoms with Crippen molar-refractivity contribution in [1.82, 2.24) is 19.5 Å². The molecule has 6 nitrogen and oxygen atoms in total. The van der Waals surface area contributed by atoms with Crippen molar-refractivity contribution in [3.63, 3.8) is 0 Å². The second kappa shape index (κ2) is 8.22. The van der Waals surface area contributed by atoms with Gasteiger partial charge in [-0.25, -0.2) is 9.78 Å². The van der Waals surface area contributed by atoms with Gasteiger partial charge in [0.05, 0.1) is 11.0 Å². The van der Waals surface area contributed by atoms with Gasteiger partial charge in [0, 0.05) is 6.54 Å². The van der Waals surface area contributed by atoms with E-state index in [4.69, 9.17) is 0 Å². The number of aromatic amines is 1. The van der Waals surface area contributed by atoms with E-state index < -0.39 is 11.2 Å². The number of fused-ring (bicyclic) bond motifs is 2. The first-order valence-corrected chi connectivity index (χ1v) is 10.5. The van der Waals surface area contributed by atoms with Crippen molar-refractivity contribution in [2.45, 2.75) is 53.0 Å². The first-order chi connectivity index (χ1) is 14.5. The van der Waals surface area contributed by atoms with Crippen molar-refractivity contribution in [2.24, 2.45) is 0 Å². The van der Waals surface area contributed by atoms with Crippen LogP contribution in [0.15, 0.2) is 46.0 Å². The summed E-state index contributed by atoms with van der Waals surface area (Å²) in [6, 6.07) is 12.6. The molecule has 154 valence electrons. The van der Waals surface area contributed by atoms with Gasteiger partial charge >= 0.3 is 5.69 Å². The molecule has 0 saturated carbocycles. The molecule has 0 fully saturated rings. The van der Waals surface area contributed by atoms with Gasteiger partial charge in [-0.3, -0.25) is 9.78 Å². The van der Waals surface area contributed by atoms with Gasteiger partial charge in [-0.2, -0.15) is 4.98 Å².